The van der Waals surface area contributed by atoms with Crippen LogP contribution in [0.1, 0.15) is 26.3 Å². The smallest absolute Gasteiger partial charge is 0.258 e. The molecule has 3 nitrogen and oxygen atoms in total. The van der Waals surface area contributed by atoms with Crippen molar-refractivity contribution in [2.75, 3.05) is 13.2 Å². The molecule has 0 bridgehead atoms. The molecule has 0 spiro atoms. The van der Waals surface area contributed by atoms with Crippen molar-refractivity contribution in [3.63, 3.8) is 0 Å². The highest BCUT2D eigenvalue weighted by atomic mass is 16.5. The van der Waals surface area contributed by atoms with Crippen LogP contribution in [-0.2, 0) is 10.2 Å². The average molecular weight is 247 g/mol. The van der Waals surface area contributed by atoms with Gasteiger partial charge in [0, 0.05) is 6.54 Å². The van der Waals surface area contributed by atoms with E-state index in [1.807, 2.05) is 24.3 Å². The molecule has 1 aromatic rings. The number of para-hydroxylation sites is 1. The van der Waals surface area contributed by atoms with Crippen LogP contribution in [0.3, 0.4) is 0 Å². The van der Waals surface area contributed by atoms with Gasteiger partial charge in [-0.3, -0.25) is 4.79 Å². The molecule has 18 heavy (non-hydrogen) atoms. The number of carbonyl (C=O) groups excluding carboxylic acids is 1. The summed E-state index contributed by atoms with van der Waals surface area (Å²) in [6.45, 7) is 10.4. The average Bonchev–Trinajstić information content (AvgIpc) is 2.33. The molecule has 0 aromatic heterocycles. The number of amides is 1. The minimum atomic E-state index is -0.140. The van der Waals surface area contributed by atoms with Crippen molar-refractivity contribution in [3.8, 4) is 5.75 Å². The van der Waals surface area contributed by atoms with Gasteiger partial charge in [-0.15, -0.1) is 6.58 Å². The van der Waals surface area contributed by atoms with Crippen molar-refractivity contribution < 1.29 is 9.53 Å². The van der Waals surface area contributed by atoms with Crippen LogP contribution in [0.5, 0.6) is 5.75 Å². The van der Waals surface area contributed by atoms with Gasteiger partial charge in [-0.25, -0.2) is 0 Å². The largest absolute Gasteiger partial charge is 0.483 e. The fraction of sp³-hybridized carbons (Fsp3) is 0.400. The lowest BCUT2D eigenvalue weighted by Crippen LogP contribution is -2.29. The molecule has 0 aliphatic carbocycles. The summed E-state index contributed by atoms with van der Waals surface area (Å²) in [5, 5.41) is 2.68. The molecule has 1 N–H and O–H groups in total. The number of rotatable bonds is 5. The molecule has 0 aliphatic rings. The van der Waals surface area contributed by atoms with Crippen molar-refractivity contribution in [3.05, 3.63) is 42.5 Å². The van der Waals surface area contributed by atoms with Crippen molar-refractivity contribution in [1.29, 1.82) is 0 Å². The lowest BCUT2D eigenvalue weighted by atomic mass is 9.86. The summed E-state index contributed by atoms with van der Waals surface area (Å²) >= 11 is 0. The number of hydrogen-bond acceptors (Lipinski definition) is 2. The summed E-state index contributed by atoms with van der Waals surface area (Å²) in [7, 11) is 0. The van der Waals surface area contributed by atoms with Gasteiger partial charge in [0.1, 0.15) is 5.75 Å². The Morgan fingerprint density at radius 2 is 2.06 bits per heavy atom. The van der Waals surface area contributed by atoms with Crippen molar-refractivity contribution >= 4 is 5.91 Å². The van der Waals surface area contributed by atoms with E-state index in [1.165, 1.54) is 0 Å². The molecule has 1 aromatic carbocycles. The fourth-order valence-electron chi connectivity index (χ4n) is 1.59. The standard InChI is InChI=1S/C15H21NO2/c1-5-10-16-14(17)11-18-13-9-7-6-8-12(13)15(2,3)4/h5-9H,1,10-11H2,2-4H3,(H,16,17). The van der Waals surface area contributed by atoms with Crippen LogP contribution in [0.4, 0.5) is 0 Å². The van der Waals surface area contributed by atoms with E-state index < -0.39 is 0 Å². The number of carbonyl (C=O) groups is 1. The van der Waals surface area contributed by atoms with Crippen LogP contribution in [0.15, 0.2) is 36.9 Å². The van der Waals surface area contributed by atoms with E-state index in [4.69, 9.17) is 4.74 Å². The first-order valence-electron chi connectivity index (χ1n) is 6.05. The molecular weight excluding hydrogens is 226 g/mol. The molecule has 0 saturated heterocycles. The zero-order valence-electron chi connectivity index (χ0n) is 11.3. The van der Waals surface area contributed by atoms with E-state index >= 15 is 0 Å². The first-order valence-corrected chi connectivity index (χ1v) is 6.05. The van der Waals surface area contributed by atoms with Gasteiger partial charge in [0.15, 0.2) is 6.61 Å². The third-order valence-electron chi connectivity index (χ3n) is 2.50. The number of nitrogens with one attached hydrogen (secondary N) is 1. The van der Waals surface area contributed by atoms with E-state index in [1.54, 1.807) is 6.08 Å². The monoisotopic (exact) mass is 247 g/mol. The summed E-state index contributed by atoms with van der Waals surface area (Å²) < 4.78 is 5.58. The van der Waals surface area contributed by atoms with E-state index in [9.17, 15) is 4.79 Å². The van der Waals surface area contributed by atoms with E-state index in [0.717, 1.165) is 11.3 Å². The number of ether oxygens (including phenoxy) is 1. The summed E-state index contributed by atoms with van der Waals surface area (Å²) in [6.07, 6.45) is 1.64. The number of hydrogen-bond donors (Lipinski definition) is 1. The zero-order chi connectivity index (χ0) is 13.6. The molecule has 98 valence electrons. The Morgan fingerprint density at radius 3 is 2.67 bits per heavy atom. The summed E-state index contributed by atoms with van der Waals surface area (Å²) in [5.74, 6) is 0.623. The summed E-state index contributed by atoms with van der Waals surface area (Å²) in [5.41, 5.74) is 1.09. The maximum atomic E-state index is 11.5. The highest BCUT2D eigenvalue weighted by Gasteiger charge is 2.18. The second-order valence-electron chi connectivity index (χ2n) is 5.13. The summed E-state index contributed by atoms with van der Waals surface area (Å²) in [4.78, 5) is 11.5. The van der Waals surface area contributed by atoms with E-state index in [2.05, 4.69) is 32.7 Å². The van der Waals surface area contributed by atoms with E-state index in [-0.39, 0.29) is 17.9 Å². The minimum Gasteiger partial charge on any atom is -0.483 e. The second-order valence-corrected chi connectivity index (χ2v) is 5.13. The first kappa shape index (κ1) is 14.3. The molecule has 0 saturated carbocycles. The van der Waals surface area contributed by atoms with Gasteiger partial charge in [-0.05, 0) is 17.0 Å². The Balaban J connectivity index is 2.68. The summed E-state index contributed by atoms with van der Waals surface area (Å²) in [6, 6.07) is 7.80. The van der Waals surface area contributed by atoms with E-state index in [0.29, 0.717) is 6.54 Å². The zero-order valence-corrected chi connectivity index (χ0v) is 11.3. The first-order chi connectivity index (χ1) is 8.45. The quantitative estimate of drug-likeness (QED) is 0.812. The number of benzene rings is 1. The van der Waals surface area contributed by atoms with Crippen LogP contribution in [0.2, 0.25) is 0 Å². The normalized spacial score (nSPS) is 10.8. The van der Waals surface area contributed by atoms with Gasteiger partial charge in [-0.1, -0.05) is 45.0 Å². The van der Waals surface area contributed by atoms with Crippen LogP contribution < -0.4 is 10.1 Å². The Morgan fingerprint density at radius 1 is 1.39 bits per heavy atom. The van der Waals surface area contributed by atoms with Gasteiger partial charge < -0.3 is 10.1 Å². The molecule has 3 heteroatoms. The Labute approximate surface area is 109 Å². The van der Waals surface area contributed by atoms with Gasteiger partial charge in [-0.2, -0.15) is 0 Å². The van der Waals surface area contributed by atoms with Gasteiger partial charge in [0.25, 0.3) is 5.91 Å². The lowest BCUT2D eigenvalue weighted by molar-refractivity contribution is -0.122. The molecular formula is C15H21NO2. The maximum Gasteiger partial charge on any atom is 0.258 e. The van der Waals surface area contributed by atoms with Crippen LogP contribution in [0, 0.1) is 0 Å². The topological polar surface area (TPSA) is 38.3 Å². The van der Waals surface area contributed by atoms with Gasteiger partial charge >= 0.3 is 0 Å². The van der Waals surface area contributed by atoms with Crippen LogP contribution in [0.25, 0.3) is 0 Å². The lowest BCUT2D eigenvalue weighted by Gasteiger charge is -2.22. The molecule has 0 unspecified atom stereocenters. The fourth-order valence-corrected chi connectivity index (χ4v) is 1.59. The Hall–Kier alpha value is -1.77. The van der Waals surface area contributed by atoms with Crippen molar-refractivity contribution in [2.24, 2.45) is 0 Å². The van der Waals surface area contributed by atoms with Gasteiger partial charge in [0.05, 0.1) is 0 Å². The second kappa shape index (κ2) is 6.24. The third kappa shape index (κ3) is 4.24. The van der Waals surface area contributed by atoms with Crippen molar-refractivity contribution in [2.45, 2.75) is 26.2 Å². The highest BCUT2D eigenvalue weighted by Crippen LogP contribution is 2.30. The molecule has 0 atom stereocenters. The molecule has 0 fully saturated rings. The molecule has 1 amide bonds. The SMILES string of the molecule is C=CCNC(=O)COc1ccccc1C(C)(C)C. The molecule has 0 radical (unpaired) electrons. The molecule has 1 rings (SSSR count). The highest BCUT2D eigenvalue weighted by molar-refractivity contribution is 5.77. The minimum absolute atomic E-state index is 0.00577. The molecule has 0 heterocycles. The van der Waals surface area contributed by atoms with Crippen molar-refractivity contribution in [1.82, 2.24) is 5.32 Å². The predicted octanol–water partition coefficient (Wildman–Crippen LogP) is 2.67. The van der Waals surface area contributed by atoms with Gasteiger partial charge in [0.2, 0.25) is 0 Å². The third-order valence-corrected chi connectivity index (χ3v) is 2.50. The Kier molecular flexibility index (Phi) is 4.95. The maximum absolute atomic E-state index is 11.5. The Bertz CT molecular complexity index is 419. The molecule has 0 aliphatic heterocycles. The van der Waals surface area contributed by atoms with Crippen LogP contribution in [-0.4, -0.2) is 19.1 Å². The predicted molar refractivity (Wildman–Crippen MR) is 73.8 cm³/mol. The van der Waals surface area contributed by atoms with Crippen LogP contribution >= 0.6 is 0 Å².